The van der Waals surface area contributed by atoms with Gasteiger partial charge in [-0.3, -0.25) is 15.5 Å². The molecule has 1 saturated heterocycles. The maximum atomic E-state index is 14.0. The summed E-state index contributed by atoms with van der Waals surface area (Å²) in [6, 6.07) is 2.89. The van der Waals surface area contributed by atoms with Crippen molar-refractivity contribution in [2.75, 3.05) is 12.8 Å². The number of hydrogen-bond acceptors (Lipinski definition) is 5. The van der Waals surface area contributed by atoms with E-state index < -0.39 is 38.0 Å². The van der Waals surface area contributed by atoms with Crippen LogP contribution in [0, 0.1) is 21.3 Å². The Morgan fingerprint density at radius 1 is 1.52 bits per heavy atom. The molecule has 21 heavy (non-hydrogen) atoms. The summed E-state index contributed by atoms with van der Waals surface area (Å²) in [4.78, 5) is 10.1. The van der Waals surface area contributed by atoms with E-state index in [1.807, 2.05) is 0 Å². The van der Waals surface area contributed by atoms with Gasteiger partial charge >= 0.3 is 0 Å². The van der Waals surface area contributed by atoms with E-state index in [0.717, 1.165) is 22.5 Å². The van der Waals surface area contributed by atoms with Crippen LogP contribution in [-0.2, 0) is 15.6 Å². The van der Waals surface area contributed by atoms with E-state index in [-0.39, 0.29) is 11.3 Å². The molecule has 0 spiro atoms. The van der Waals surface area contributed by atoms with Gasteiger partial charge in [-0.2, -0.15) is 0 Å². The minimum atomic E-state index is -3.81. The number of halogens is 1. The Labute approximate surface area is 120 Å². The second-order valence-electron chi connectivity index (χ2n) is 4.95. The Hall–Kier alpha value is -2.23. The fourth-order valence-corrected chi connectivity index (χ4v) is 3.65. The number of sulfonamides is 1. The van der Waals surface area contributed by atoms with E-state index in [2.05, 4.69) is 5.32 Å². The van der Waals surface area contributed by atoms with Gasteiger partial charge in [-0.1, -0.05) is 0 Å². The van der Waals surface area contributed by atoms with Gasteiger partial charge in [0.25, 0.3) is 5.69 Å². The number of nitro benzene ring substituents is 1. The Morgan fingerprint density at radius 3 is 2.67 bits per heavy atom. The molecular weight excluding hydrogens is 303 g/mol. The molecule has 2 rings (SSSR count). The molecule has 0 bridgehead atoms. The Morgan fingerprint density at radius 2 is 2.14 bits per heavy atom. The molecule has 0 radical (unpaired) electrons. The molecule has 1 aromatic carbocycles. The van der Waals surface area contributed by atoms with Crippen molar-refractivity contribution >= 4 is 21.7 Å². The summed E-state index contributed by atoms with van der Waals surface area (Å²) in [5.41, 5.74) is -1.98. The van der Waals surface area contributed by atoms with Gasteiger partial charge in [-0.25, -0.2) is 17.1 Å². The quantitative estimate of drug-likeness (QED) is 0.617. The predicted octanol–water partition coefficient (Wildman–Crippen LogP) is 0.749. The fraction of sp³-hybridized carbons (Fsp3) is 0.364. The highest BCUT2D eigenvalue weighted by atomic mass is 32.2. The number of hydrogen-bond donors (Lipinski definition) is 2. The van der Waals surface area contributed by atoms with Crippen molar-refractivity contribution in [3.05, 3.63) is 39.7 Å². The van der Waals surface area contributed by atoms with Gasteiger partial charge < -0.3 is 5.32 Å². The summed E-state index contributed by atoms with van der Waals surface area (Å²) in [6.07, 6.45) is 0. The second kappa shape index (κ2) is 4.65. The molecule has 1 aliphatic rings. The van der Waals surface area contributed by atoms with Crippen molar-refractivity contribution in [1.29, 1.82) is 5.41 Å². The van der Waals surface area contributed by atoms with Crippen LogP contribution in [-0.4, -0.2) is 36.4 Å². The maximum absolute atomic E-state index is 14.0. The smallest absolute Gasteiger partial charge is 0.269 e. The first-order valence-corrected chi connectivity index (χ1v) is 7.45. The average Bonchev–Trinajstić information content (AvgIpc) is 2.35. The van der Waals surface area contributed by atoms with Crippen LogP contribution in [0.5, 0.6) is 0 Å². The number of rotatable bonds is 2. The van der Waals surface area contributed by atoms with Crippen molar-refractivity contribution in [2.45, 2.75) is 12.5 Å². The summed E-state index contributed by atoms with van der Waals surface area (Å²) in [5.74, 6) is -1.71. The van der Waals surface area contributed by atoms with Gasteiger partial charge in [0.2, 0.25) is 16.0 Å². The lowest BCUT2D eigenvalue weighted by molar-refractivity contribution is -0.385. The first kappa shape index (κ1) is 15.2. The standard InChI is InChI=1S/C11H13FN4O4S/c1-11(6-21(19,20)15(2)10(13)14-11)8-5-7(16(17)18)3-4-9(8)12/h3-5H,6H2,1-2H3,(H2,13,14)/t11-/m0/s1. The van der Waals surface area contributed by atoms with Crippen molar-refractivity contribution in [3.8, 4) is 0 Å². The summed E-state index contributed by atoms with van der Waals surface area (Å²) >= 11 is 0. The van der Waals surface area contributed by atoms with Crippen LogP contribution in [0.4, 0.5) is 10.1 Å². The molecule has 1 fully saturated rings. The first-order chi connectivity index (χ1) is 9.57. The van der Waals surface area contributed by atoms with Crippen molar-refractivity contribution in [2.24, 2.45) is 0 Å². The van der Waals surface area contributed by atoms with E-state index in [4.69, 9.17) is 5.41 Å². The van der Waals surface area contributed by atoms with Gasteiger partial charge in [0.1, 0.15) is 5.82 Å². The molecule has 0 aliphatic carbocycles. The molecule has 1 atom stereocenters. The second-order valence-corrected chi connectivity index (χ2v) is 6.95. The van der Waals surface area contributed by atoms with Crippen LogP contribution >= 0.6 is 0 Å². The molecule has 10 heteroatoms. The highest BCUT2D eigenvalue weighted by Crippen LogP contribution is 2.31. The molecule has 114 valence electrons. The normalized spacial score (nSPS) is 24.5. The summed E-state index contributed by atoms with van der Waals surface area (Å²) in [5, 5.41) is 21.0. The van der Waals surface area contributed by atoms with Gasteiger partial charge in [-0.15, -0.1) is 0 Å². The third kappa shape index (κ3) is 2.53. The van der Waals surface area contributed by atoms with Crippen LogP contribution in [0.3, 0.4) is 0 Å². The van der Waals surface area contributed by atoms with Crippen LogP contribution in [0.1, 0.15) is 12.5 Å². The van der Waals surface area contributed by atoms with Gasteiger partial charge in [0, 0.05) is 24.7 Å². The van der Waals surface area contributed by atoms with Gasteiger partial charge in [-0.05, 0) is 13.0 Å². The SMILES string of the molecule is CN1C(=N)N[C@](C)(c2cc([N+](=O)[O-])ccc2F)CS1(=O)=O. The average molecular weight is 316 g/mol. The molecule has 0 aromatic heterocycles. The molecule has 0 saturated carbocycles. The van der Waals surface area contributed by atoms with Gasteiger partial charge in [0.05, 0.1) is 16.2 Å². The Kier molecular flexibility index (Phi) is 3.36. The maximum Gasteiger partial charge on any atom is 0.269 e. The van der Waals surface area contributed by atoms with Crippen LogP contribution in [0.2, 0.25) is 0 Å². The van der Waals surface area contributed by atoms with E-state index in [9.17, 15) is 22.9 Å². The summed E-state index contributed by atoms with van der Waals surface area (Å²) in [7, 11) is -2.60. The number of nitrogens with one attached hydrogen (secondary N) is 2. The topological polar surface area (TPSA) is 116 Å². The van der Waals surface area contributed by atoms with Crippen molar-refractivity contribution in [1.82, 2.24) is 9.62 Å². The van der Waals surface area contributed by atoms with E-state index in [0.29, 0.717) is 0 Å². The molecule has 2 N–H and O–H groups in total. The first-order valence-electron chi connectivity index (χ1n) is 5.84. The minimum Gasteiger partial charge on any atom is -0.345 e. The number of nitro groups is 1. The molecular formula is C11H13FN4O4S. The predicted molar refractivity (Wildman–Crippen MR) is 72.8 cm³/mol. The Balaban J connectivity index is 2.57. The highest BCUT2D eigenvalue weighted by Gasteiger charge is 2.43. The molecule has 0 amide bonds. The lowest BCUT2D eigenvalue weighted by Crippen LogP contribution is -2.61. The van der Waals surface area contributed by atoms with Crippen molar-refractivity contribution < 1.29 is 17.7 Å². The third-order valence-electron chi connectivity index (χ3n) is 3.35. The van der Waals surface area contributed by atoms with Crippen LogP contribution in [0.15, 0.2) is 18.2 Å². The zero-order chi connectivity index (χ0) is 16.0. The molecule has 8 nitrogen and oxygen atoms in total. The zero-order valence-corrected chi connectivity index (χ0v) is 12.1. The van der Waals surface area contributed by atoms with E-state index in [1.54, 1.807) is 0 Å². The fourth-order valence-electron chi connectivity index (χ4n) is 2.17. The summed E-state index contributed by atoms with van der Waals surface area (Å²) < 4.78 is 38.7. The molecule has 0 unspecified atom stereocenters. The Bertz CT molecular complexity index is 736. The number of guanidine groups is 1. The zero-order valence-electron chi connectivity index (χ0n) is 11.3. The largest absolute Gasteiger partial charge is 0.345 e. The summed E-state index contributed by atoms with van der Waals surface area (Å²) in [6.45, 7) is 1.38. The number of non-ortho nitro benzene ring substituents is 1. The third-order valence-corrected chi connectivity index (χ3v) is 5.31. The van der Waals surface area contributed by atoms with Gasteiger partial charge in [0.15, 0.2) is 0 Å². The van der Waals surface area contributed by atoms with Crippen LogP contribution in [0.25, 0.3) is 0 Å². The monoisotopic (exact) mass is 316 g/mol. The molecule has 1 aliphatic heterocycles. The number of nitrogens with zero attached hydrogens (tertiary/aromatic N) is 2. The highest BCUT2D eigenvalue weighted by molar-refractivity contribution is 7.89. The van der Waals surface area contributed by atoms with Crippen LogP contribution < -0.4 is 5.32 Å². The van der Waals surface area contributed by atoms with E-state index >= 15 is 0 Å². The van der Waals surface area contributed by atoms with Crippen molar-refractivity contribution in [3.63, 3.8) is 0 Å². The minimum absolute atomic E-state index is 0.168. The molecule has 1 heterocycles. The lowest BCUT2D eigenvalue weighted by atomic mass is 9.93. The number of benzene rings is 1. The van der Waals surface area contributed by atoms with E-state index in [1.165, 1.54) is 14.0 Å². The molecule has 1 aromatic rings. The lowest BCUT2D eigenvalue weighted by Gasteiger charge is -2.40.